The van der Waals surface area contributed by atoms with Crippen LogP contribution in [0.2, 0.25) is 19.6 Å². The minimum absolute atomic E-state index is 0.0492. The first kappa shape index (κ1) is 19.2. The lowest BCUT2D eigenvalue weighted by Gasteiger charge is -2.29. The van der Waals surface area contributed by atoms with Crippen molar-refractivity contribution in [1.82, 2.24) is 0 Å². The van der Waals surface area contributed by atoms with Gasteiger partial charge < -0.3 is 4.43 Å². The van der Waals surface area contributed by atoms with E-state index < -0.39 is 8.32 Å². The Hall–Kier alpha value is -1.58. The quantitative estimate of drug-likeness (QED) is 0.388. The summed E-state index contributed by atoms with van der Waals surface area (Å²) in [5.74, 6) is 1.07. The first-order valence-electron chi connectivity index (χ1n) is 9.07. The maximum Gasteiger partial charge on any atom is 0.242 e. The Balaban J connectivity index is 2.18. The molecule has 0 aliphatic heterocycles. The van der Waals surface area contributed by atoms with E-state index in [9.17, 15) is 0 Å². The Morgan fingerprint density at radius 3 is 2.00 bits per heavy atom. The molecule has 3 rings (SSSR count). The van der Waals surface area contributed by atoms with Gasteiger partial charge in [0.05, 0.1) is 0 Å². The van der Waals surface area contributed by atoms with Crippen molar-refractivity contribution in [2.75, 3.05) is 0 Å². The summed E-state index contributed by atoms with van der Waals surface area (Å²) in [5, 5.41) is 2.44. The molecule has 136 valence electrons. The Kier molecular flexibility index (Phi) is 5.06. The molecular weight excluding hydrogens is 400 g/mol. The first-order chi connectivity index (χ1) is 12.0. The Morgan fingerprint density at radius 1 is 0.808 bits per heavy atom. The maximum absolute atomic E-state index is 6.57. The topological polar surface area (TPSA) is 9.23 Å². The third kappa shape index (κ3) is 4.21. The summed E-state index contributed by atoms with van der Waals surface area (Å²) in [7, 11) is -1.71. The summed E-state index contributed by atoms with van der Waals surface area (Å²) in [6.07, 6.45) is 0. The second-order valence-electron chi connectivity index (χ2n) is 8.85. The molecule has 1 nitrogen and oxygen atoms in total. The van der Waals surface area contributed by atoms with Crippen molar-refractivity contribution in [1.29, 1.82) is 0 Å². The van der Waals surface area contributed by atoms with Gasteiger partial charge in [0, 0.05) is 9.86 Å². The van der Waals surface area contributed by atoms with Gasteiger partial charge in [0.1, 0.15) is 5.75 Å². The molecule has 0 unspecified atom stereocenters. The number of hydrogen-bond donors (Lipinski definition) is 0. The molecule has 0 aromatic heterocycles. The van der Waals surface area contributed by atoms with E-state index >= 15 is 0 Å². The SMILES string of the molecule is CC(C)(C)c1ccc2cc(-c3ccc(Br)cc3)ccc2c1O[Si](C)(C)C. The van der Waals surface area contributed by atoms with Crippen molar-refractivity contribution in [2.45, 2.75) is 45.8 Å². The zero-order valence-corrected chi connectivity index (χ0v) is 19.1. The van der Waals surface area contributed by atoms with Gasteiger partial charge >= 0.3 is 0 Å². The van der Waals surface area contributed by atoms with Crippen molar-refractivity contribution < 1.29 is 4.43 Å². The number of hydrogen-bond acceptors (Lipinski definition) is 1. The minimum Gasteiger partial charge on any atom is -0.544 e. The average molecular weight is 427 g/mol. The van der Waals surface area contributed by atoms with Gasteiger partial charge in [-0.1, -0.05) is 73.1 Å². The second kappa shape index (κ2) is 6.86. The van der Waals surface area contributed by atoms with E-state index in [0.717, 1.165) is 10.2 Å². The first-order valence-corrected chi connectivity index (χ1v) is 13.3. The number of halogens is 1. The van der Waals surface area contributed by atoms with Crippen LogP contribution in [0.15, 0.2) is 59.1 Å². The molecule has 0 saturated carbocycles. The zero-order chi connectivity index (χ0) is 19.1. The van der Waals surface area contributed by atoms with Crippen LogP contribution in [-0.4, -0.2) is 8.32 Å². The Morgan fingerprint density at radius 2 is 1.42 bits per heavy atom. The third-order valence-electron chi connectivity index (χ3n) is 4.36. The van der Waals surface area contributed by atoms with Crippen LogP contribution in [0.1, 0.15) is 26.3 Å². The van der Waals surface area contributed by atoms with Gasteiger partial charge in [-0.3, -0.25) is 0 Å². The van der Waals surface area contributed by atoms with E-state index in [0.29, 0.717) is 0 Å². The average Bonchev–Trinajstić information content (AvgIpc) is 2.52. The fourth-order valence-electron chi connectivity index (χ4n) is 3.13. The van der Waals surface area contributed by atoms with Crippen LogP contribution in [0.4, 0.5) is 0 Å². The van der Waals surface area contributed by atoms with E-state index in [1.54, 1.807) is 0 Å². The summed E-state index contributed by atoms with van der Waals surface area (Å²) in [5.41, 5.74) is 3.78. The highest BCUT2D eigenvalue weighted by atomic mass is 79.9. The normalized spacial score (nSPS) is 12.4. The summed E-state index contributed by atoms with van der Waals surface area (Å²) in [6.45, 7) is 13.5. The van der Waals surface area contributed by atoms with Gasteiger partial charge in [-0.25, -0.2) is 0 Å². The second-order valence-corrected chi connectivity index (χ2v) is 14.2. The molecular formula is C23H27BrOSi. The molecule has 0 amide bonds. The van der Waals surface area contributed by atoms with Gasteiger partial charge in [0.2, 0.25) is 8.32 Å². The zero-order valence-electron chi connectivity index (χ0n) is 16.5. The molecule has 0 bridgehead atoms. The summed E-state index contributed by atoms with van der Waals surface area (Å²) >= 11 is 3.51. The largest absolute Gasteiger partial charge is 0.544 e. The molecule has 0 fully saturated rings. The van der Waals surface area contributed by atoms with Crippen molar-refractivity contribution >= 4 is 35.0 Å². The van der Waals surface area contributed by atoms with Gasteiger partial charge in [-0.05, 0) is 65.3 Å². The van der Waals surface area contributed by atoms with E-state index in [4.69, 9.17) is 4.43 Å². The van der Waals surface area contributed by atoms with Gasteiger partial charge in [-0.2, -0.15) is 0 Å². The molecule has 3 aromatic rings. The van der Waals surface area contributed by atoms with Crippen LogP contribution in [0.25, 0.3) is 21.9 Å². The van der Waals surface area contributed by atoms with Crippen molar-refractivity contribution in [3.63, 3.8) is 0 Å². The molecule has 0 saturated heterocycles. The Bertz CT molecular complexity index is 931. The lowest BCUT2D eigenvalue weighted by Crippen LogP contribution is -2.31. The minimum atomic E-state index is -1.71. The van der Waals surface area contributed by atoms with E-state index in [2.05, 4.69) is 111 Å². The standard InChI is InChI=1S/C23H27BrOSi/c1-23(2,3)21-14-10-18-15-17(16-7-11-19(24)12-8-16)9-13-20(18)22(21)25-26(4,5)6/h7-15H,1-6H3. The molecule has 0 radical (unpaired) electrons. The molecule has 0 atom stereocenters. The highest BCUT2D eigenvalue weighted by Crippen LogP contribution is 2.40. The highest BCUT2D eigenvalue weighted by molar-refractivity contribution is 9.10. The molecule has 0 heterocycles. The lowest BCUT2D eigenvalue weighted by molar-refractivity contribution is 0.513. The number of fused-ring (bicyclic) bond motifs is 1. The predicted octanol–water partition coefficient (Wildman–Crippen LogP) is 7.78. The molecule has 0 N–H and O–H groups in total. The van der Waals surface area contributed by atoms with Crippen molar-refractivity contribution in [2.24, 2.45) is 0 Å². The van der Waals surface area contributed by atoms with Gasteiger partial charge in [0.15, 0.2) is 0 Å². The molecule has 0 aliphatic carbocycles. The molecule has 0 aliphatic rings. The number of rotatable bonds is 3. The summed E-state index contributed by atoms with van der Waals surface area (Å²) in [4.78, 5) is 0. The lowest BCUT2D eigenvalue weighted by atomic mass is 9.84. The highest BCUT2D eigenvalue weighted by Gasteiger charge is 2.25. The van der Waals surface area contributed by atoms with E-state index in [1.807, 2.05) is 0 Å². The van der Waals surface area contributed by atoms with Crippen LogP contribution in [-0.2, 0) is 5.41 Å². The van der Waals surface area contributed by atoms with Crippen molar-refractivity contribution in [3.8, 4) is 16.9 Å². The smallest absolute Gasteiger partial charge is 0.242 e. The monoisotopic (exact) mass is 426 g/mol. The summed E-state index contributed by atoms with van der Waals surface area (Å²) in [6, 6.07) is 19.6. The van der Waals surface area contributed by atoms with Crippen LogP contribution in [0.5, 0.6) is 5.75 Å². The van der Waals surface area contributed by atoms with Crippen molar-refractivity contribution in [3.05, 3.63) is 64.6 Å². The number of benzene rings is 3. The fourth-order valence-corrected chi connectivity index (χ4v) is 4.23. The third-order valence-corrected chi connectivity index (χ3v) is 5.71. The van der Waals surface area contributed by atoms with Gasteiger partial charge in [0.25, 0.3) is 0 Å². The van der Waals surface area contributed by atoms with Crippen LogP contribution >= 0.6 is 15.9 Å². The maximum atomic E-state index is 6.57. The Labute approximate surface area is 166 Å². The van der Waals surface area contributed by atoms with Crippen LogP contribution in [0.3, 0.4) is 0 Å². The molecule has 0 spiro atoms. The van der Waals surface area contributed by atoms with Crippen LogP contribution < -0.4 is 4.43 Å². The summed E-state index contributed by atoms with van der Waals surface area (Å²) < 4.78 is 7.67. The van der Waals surface area contributed by atoms with E-state index in [-0.39, 0.29) is 5.41 Å². The fraction of sp³-hybridized carbons (Fsp3) is 0.304. The van der Waals surface area contributed by atoms with E-state index in [1.165, 1.54) is 27.5 Å². The molecule has 3 aromatic carbocycles. The molecule has 3 heteroatoms. The predicted molar refractivity (Wildman–Crippen MR) is 120 cm³/mol. The van der Waals surface area contributed by atoms with Gasteiger partial charge in [-0.15, -0.1) is 0 Å². The van der Waals surface area contributed by atoms with Crippen LogP contribution in [0, 0.1) is 0 Å². The molecule has 26 heavy (non-hydrogen) atoms.